The molecular formula is C19H19BrCl2N4O. The summed E-state index contributed by atoms with van der Waals surface area (Å²) in [5, 5.41) is 8.66. The van der Waals surface area contributed by atoms with Crippen molar-refractivity contribution < 1.29 is 4.79 Å². The summed E-state index contributed by atoms with van der Waals surface area (Å²) in [5.41, 5.74) is 0.148. The van der Waals surface area contributed by atoms with E-state index in [-0.39, 0.29) is 16.9 Å². The van der Waals surface area contributed by atoms with Crippen LogP contribution in [0.3, 0.4) is 0 Å². The van der Waals surface area contributed by atoms with Gasteiger partial charge in [-0.25, -0.2) is 9.67 Å². The van der Waals surface area contributed by atoms with Gasteiger partial charge in [0.1, 0.15) is 6.33 Å². The quantitative estimate of drug-likeness (QED) is 0.664. The lowest BCUT2D eigenvalue weighted by atomic mass is 9.46. The summed E-state index contributed by atoms with van der Waals surface area (Å²) in [6.45, 7) is 0. The molecule has 142 valence electrons. The number of nitrogens with zero attached hydrogens (tertiary/aromatic N) is 3. The van der Waals surface area contributed by atoms with E-state index in [0.717, 1.165) is 32.1 Å². The molecule has 4 fully saturated rings. The van der Waals surface area contributed by atoms with Crippen molar-refractivity contribution in [3.05, 3.63) is 39.3 Å². The van der Waals surface area contributed by atoms with E-state index in [0.29, 0.717) is 32.3 Å². The Morgan fingerprint density at radius 1 is 1.22 bits per heavy atom. The number of amides is 1. The molecule has 0 radical (unpaired) electrons. The number of hydrogen-bond acceptors (Lipinski definition) is 3. The van der Waals surface area contributed by atoms with Crippen LogP contribution in [0, 0.1) is 17.3 Å². The highest BCUT2D eigenvalue weighted by molar-refractivity contribution is 9.10. The Labute approximate surface area is 175 Å². The zero-order valence-corrected chi connectivity index (χ0v) is 17.7. The highest BCUT2D eigenvalue weighted by Gasteiger charge is 2.61. The van der Waals surface area contributed by atoms with Gasteiger partial charge in [-0.05, 0) is 84.5 Å². The van der Waals surface area contributed by atoms with Crippen LogP contribution >= 0.6 is 39.1 Å². The fourth-order valence-corrected chi connectivity index (χ4v) is 6.78. The van der Waals surface area contributed by atoms with E-state index >= 15 is 0 Å². The molecule has 4 aliphatic rings. The largest absolute Gasteiger partial charge is 0.324 e. The maximum Gasteiger partial charge on any atom is 0.230 e. The van der Waals surface area contributed by atoms with Gasteiger partial charge in [-0.3, -0.25) is 4.79 Å². The van der Waals surface area contributed by atoms with E-state index in [2.05, 4.69) is 31.3 Å². The summed E-state index contributed by atoms with van der Waals surface area (Å²) in [6.07, 6.45) is 7.87. The number of halogens is 3. The van der Waals surface area contributed by atoms with Crippen LogP contribution in [-0.2, 0) is 10.3 Å². The van der Waals surface area contributed by atoms with Crippen molar-refractivity contribution in [2.75, 3.05) is 5.32 Å². The fourth-order valence-electron chi connectivity index (χ4n) is 6.07. The first-order valence-electron chi connectivity index (χ1n) is 9.22. The summed E-state index contributed by atoms with van der Waals surface area (Å²) < 4.78 is 2.61. The van der Waals surface area contributed by atoms with Crippen LogP contribution in [0.25, 0.3) is 0 Å². The number of nitrogens with one attached hydrogen (secondary N) is 1. The van der Waals surface area contributed by atoms with E-state index in [4.69, 9.17) is 23.2 Å². The Bertz CT molecular complexity index is 916. The maximum atomic E-state index is 13.4. The lowest BCUT2D eigenvalue weighted by molar-refractivity contribution is -0.150. The minimum atomic E-state index is -0.370. The number of hydrogen-bond donors (Lipinski definition) is 1. The molecule has 1 aromatic heterocycles. The Kier molecular flexibility index (Phi) is 4.12. The molecule has 2 aromatic rings. The summed E-state index contributed by atoms with van der Waals surface area (Å²) in [6, 6.07) is 5.18. The molecule has 27 heavy (non-hydrogen) atoms. The molecule has 4 aliphatic carbocycles. The van der Waals surface area contributed by atoms with Crippen molar-refractivity contribution in [1.82, 2.24) is 14.8 Å². The third-order valence-corrected chi connectivity index (χ3v) is 7.55. The first kappa shape index (κ1) is 18.0. The van der Waals surface area contributed by atoms with Crippen molar-refractivity contribution in [2.45, 2.75) is 44.1 Å². The van der Waals surface area contributed by atoms with Crippen LogP contribution in [0.4, 0.5) is 5.69 Å². The molecule has 1 N–H and O–H groups in total. The maximum absolute atomic E-state index is 13.4. The van der Waals surface area contributed by atoms with Crippen molar-refractivity contribution in [2.24, 2.45) is 17.3 Å². The van der Waals surface area contributed by atoms with Crippen molar-refractivity contribution in [3.8, 4) is 0 Å². The SMILES string of the molecule is O=C(Nc1ccc(Cl)cc1Cl)C12CC3CC(C1)CC(n1cnc(Br)n1)(C3)C2. The second kappa shape index (κ2) is 6.19. The molecule has 2 atom stereocenters. The second-order valence-corrected chi connectivity index (χ2v) is 10.1. The van der Waals surface area contributed by atoms with E-state index in [1.165, 1.54) is 6.42 Å². The lowest BCUT2D eigenvalue weighted by Crippen LogP contribution is -2.60. The minimum Gasteiger partial charge on any atom is -0.324 e. The molecule has 4 saturated carbocycles. The van der Waals surface area contributed by atoms with Gasteiger partial charge in [0, 0.05) is 5.02 Å². The number of benzene rings is 1. The molecule has 1 aromatic carbocycles. The smallest absolute Gasteiger partial charge is 0.230 e. The number of carbonyl (C=O) groups is 1. The molecule has 1 heterocycles. The second-order valence-electron chi connectivity index (χ2n) is 8.50. The van der Waals surface area contributed by atoms with E-state index in [1.807, 2.05) is 4.68 Å². The highest BCUT2D eigenvalue weighted by Crippen LogP contribution is 2.64. The topological polar surface area (TPSA) is 59.8 Å². The van der Waals surface area contributed by atoms with Crippen LogP contribution in [0.2, 0.25) is 10.0 Å². The summed E-state index contributed by atoms with van der Waals surface area (Å²) in [5.74, 6) is 1.19. The van der Waals surface area contributed by atoms with E-state index < -0.39 is 0 Å². The molecule has 4 bridgehead atoms. The minimum absolute atomic E-state index is 0.0735. The first-order chi connectivity index (χ1) is 12.9. The molecule has 1 amide bonds. The van der Waals surface area contributed by atoms with E-state index in [9.17, 15) is 4.79 Å². The molecule has 6 rings (SSSR count). The average Bonchev–Trinajstić information content (AvgIpc) is 3.03. The van der Waals surface area contributed by atoms with Crippen molar-refractivity contribution >= 4 is 50.7 Å². The normalized spacial score (nSPS) is 34.0. The molecule has 5 nitrogen and oxygen atoms in total. The average molecular weight is 470 g/mol. The number of rotatable bonds is 3. The summed E-state index contributed by atoms with van der Waals surface area (Å²) in [4.78, 5) is 17.7. The standard InChI is InChI=1S/C19H19BrCl2N4O/c20-17-23-10-26(25-17)19-7-11-3-12(8-19)6-18(5-11,9-19)16(27)24-15-2-1-13(21)4-14(15)22/h1-2,4,10-12H,3,5-9H2,(H,24,27). The molecule has 2 unspecified atom stereocenters. The van der Waals surface area contributed by atoms with Gasteiger partial charge in [-0.1, -0.05) is 23.2 Å². The fraction of sp³-hybridized carbons (Fsp3) is 0.526. The van der Waals surface area contributed by atoms with Gasteiger partial charge in [-0.2, -0.15) is 0 Å². The van der Waals surface area contributed by atoms with Crippen LogP contribution in [-0.4, -0.2) is 20.7 Å². The first-order valence-corrected chi connectivity index (χ1v) is 10.8. The Morgan fingerprint density at radius 3 is 2.59 bits per heavy atom. The summed E-state index contributed by atoms with van der Waals surface area (Å²) >= 11 is 15.6. The third kappa shape index (κ3) is 2.91. The van der Waals surface area contributed by atoms with Crippen LogP contribution in [0.15, 0.2) is 29.3 Å². The summed E-state index contributed by atoms with van der Waals surface area (Å²) in [7, 11) is 0. The van der Waals surface area contributed by atoms with Crippen molar-refractivity contribution in [3.63, 3.8) is 0 Å². The van der Waals surface area contributed by atoms with Gasteiger partial charge < -0.3 is 5.32 Å². The van der Waals surface area contributed by atoms with Gasteiger partial charge in [0.05, 0.1) is 21.7 Å². The third-order valence-electron chi connectivity index (χ3n) is 6.64. The number of anilines is 1. The van der Waals surface area contributed by atoms with E-state index in [1.54, 1.807) is 24.5 Å². The van der Waals surface area contributed by atoms with Crippen LogP contribution in [0.1, 0.15) is 38.5 Å². The van der Waals surface area contributed by atoms with Gasteiger partial charge in [-0.15, -0.1) is 5.10 Å². The molecule has 0 spiro atoms. The van der Waals surface area contributed by atoms with Crippen LogP contribution in [0.5, 0.6) is 0 Å². The highest BCUT2D eigenvalue weighted by atomic mass is 79.9. The lowest BCUT2D eigenvalue weighted by Gasteiger charge is -2.60. The number of aromatic nitrogens is 3. The zero-order valence-electron chi connectivity index (χ0n) is 14.6. The molecular weight excluding hydrogens is 451 g/mol. The number of carbonyl (C=O) groups excluding carboxylic acids is 1. The van der Waals surface area contributed by atoms with Gasteiger partial charge in [0.2, 0.25) is 10.6 Å². The Hall–Kier alpha value is -1.11. The molecule has 8 heteroatoms. The monoisotopic (exact) mass is 468 g/mol. The van der Waals surface area contributed by atoms with Crippen molar-refractivity contribution in [1.29, 1.82) is 0 Å². The Morgan fingerprint density at radius 2 is 1.96 bits per heavy atom. The zero-order chi connectivity index (χ0) is 18.8. The van der Waals surface area contributed by atoms with Gasteiger partial charge in [0.15, 0.2) is 0 Å². The van der Waals surface area contributed by atoms with Crippen LogP contribution < -0.4 is 5.32 Å². The Balaban J connectivity index is 1.47. The predicted molar refractivity (Wildman–Crippen MR) is 108 cm³/mol. The molecule has 0 saturated heterocycles. The predicted octanol–water partition coefficient (Wildman–Crippen LogP) is 5.28. The van der Waals surface area contributed by atoms with Gasteiger partial charge in [0.25, 0.3) is 0 Å². The molecule has 0 aliphatic heterocycles. The van der Waals surface area contributed by atoms with Gasteiger partial charge >= 0.3 is 0 Å².